The van der Waals surface area contributed by atoms with Gasteiger partial charge in [-0.2, -0.15) is 0 Å². The van der Waals surface area contributed by atoms with Gasteiger partial charge in [-0.15, -0.1) is 11.8 Å². The summed E-state index contributed by atoms with van der Waals surface area (Å²) in [6.07, 6.45) is 3.25. The van der Waals surface area contributed by atoms with Gasteiger partial charge >= 0.3 is 6.03 Å². The van der Waals surface area contributed by atoms with Crippen molar-refractivity contribution >= 4 is 23.5 Å². The van der Waals surface area contributed by atoms with E-state index in [0.717, 1.165) is 23.7 Å². The maximum atomic E-state index is 12.3. The molecule has 2 amide bonds. The quantitative estimate of drug-likeness (QED) is 0.832. The van der Waals surface area contributed by atoms with Crippen molar-refractivity contribution in [2.45, 2.75) is 25.2 Å². The Kier molecular flexibility index (Phi) is 4.75. The second-order valence-corrected chi connectivity index (χ2v) is 6.39. The molecule has 19 heavy (non-hydrogen) atoms. The molecule has 1 fully saturated rings. The predicted octanol–water partition coefficient (Wildman–Crippen LogP) is 3.92. The van der Waals surface area contributed by atoms with Crippen LogP contribution >= 0.6 is 11.8 Å². The number of piperidine rings is 1. The third-order valence-corrected chi connectivity index (χ3v) is 4.20. The van der Waals surface area contributed by atoms with Gasteiger partial charge in [0.25, 0.3) is 0 Å². The summed E-state index contributed by atoms with van der Waals surface area (Å²) in [5.74, 6) is 1.18. The van der Waals surface area contributed by atoms with Crippen molar-refractivity contribution in [2.24, 2.45) is 11.8 Å². The van der Waals surface area contributed by atoms with Gasteiger partial charge in [0.1, 0.15) is 0 Å². The fourth-order valence-corrected chi connectivity index (χ4v) is 3.19. The normalized spacial score (nSPS) is 23.2. The number of amides is 2. The molecule has 0 aromatic heterocycles. The Morgan fingerprint density at radius 1 is 1.32 bits per heavy atom. The van der Waals surface area contributed by atoms with Crippen molar-refractivity contribution in [3.63, 3.8) is 0 Å². The van der Waals surface area contributed by atoms with Crippen LogP contribution in [-0.4, -0.2) is 30.3 Å². The van der Waals surface area contributed by atoms with Gasteiger partial charge in [-0.3, -0.25) is 0 Å². The molecular weight excluding hydrogens is 256 g/mol. The molecule has 0 saturated carbocycles. The number of rotatable bonds is 2. The number of anilines is 1. The van der Waals surface area contributed by atoms with Gasteiger partial charge in [0, 0.05) is 23.7 Å². The van der Waals surface area contributed by atoms with Gasteiger partial charge in [0.15, 0.2) is 0 Å². The maximum Gasteiger partial charge on any atom is 0.321 e. The van der Waals surface area contributed by atoms with E-state index in [2.05, 4.69) is 19.2 Å². The SMILES string of the molecule is CSc1cccc(NC(=O)N2C[C@@H](C)C[C@H](C)C2)c1. The summed E-state index contributed by atoms with van der Waals surface area (Å²) in [7, 11) is 0. The average Bonchev–Trinajstić information content (AvgIpc) is 2.37. The van der Waals surface area contributed by atoms with Crippen molar-refractivity contribution in [3.05, 3.63) is 24.3 Å². The molecule has 2 atom stereocenters. The zero-order chi connectivity index (χ0) is 13.8. The minimum atomic E-state index is 0.0247. The number of hydrogen-bond acceptors (Lipinski definition) is 2. The molecule has 1 N–H and O–H groups in total. The molecule has 0 bridgehead atoms. The molecule has 4 heteroatoms. The Morgan fingerprint density at radius 3 is 2.63 bits per heavy atom. The molecule has 1 aromatic rings. The number of likely N-dealkylation sites (tertiary alicyclic amines) is 1. The van der Waals surface area contributed by atoms with Crippen molar-refractivity contribution in [2.75, 3.05) is 24.7 Å². The fourth-order valence-electron chi connectivity index (χ4n) is 2.73. The molecule has 1 aliphatic rings. The second-order valence-electron chi connectivity index (χ2n) is 5.51. The van der Waals surface area contributed by atoms with E-state index in [-0.39, 0.29) is 6.03 Å². The lowest BCUT2D eigenvalue weighted by atomic mass is 9.92. The highest BCUT2D eigenvalue weighted by Crippen LogP contribution is 2.23. The summed E-state index contributed by atoms with van der Waals surface area (Å²) in [6, 6.07) is 8.00. The van der Waals surface area contributed by atoms with Gasteiger partial charge in [-0.05, 0) is 42.7 Å². The Balaban J connectivity index is 2.00. The Hall–Kier alpha value is -1.16. The zero-order valence-corrected chi connectivity index (χ0v) is 12.7. The zero-order valence-electron chi connectivity index (χ0n) is 11.8. The van der Waals surface area contributed by atoms with Crippen molar-refractivity contribution < 1.29 is 4.79 Å². The highest BCUT2D eigenvalue weighted by atomic mass is 32.2. The first-order valence-corrected chi connectivity index (χ1v) is 8.01. The van der Waals surface area contributed by atoms with Crippen LogP contribution in [0.25, 0.3) is 0 Å². The van der Waals surface area contributed by atoms with Crippen molar-refractivity contribution in [1.29, 1.82) is 0 Å². The third kappa shape index (κ3) is 3.90. The fraction of sp³-hybridized carbons (Fsp3) is 0.533. The number of benzene rings is 1. The summed E-state index contributed by atoms with van der Waals surface area (Å²) < 4.78 is 0. The molecule has 1 aromatic carbocycles. The number of urea groups is 1. The largest absolute Gasteiger partial charge is 0.324 e. The smallest absolute Gasteiger partial charge is 0.321 e. The molecule has 1 saturated heterocycles. The molecule has 0 aliphatic carbocycles. The average molecular weight is 278 g/mol. The molecule has 1 aliphatic heterocycles. The number of thioether (sulfide) groups is 1. The highest BCUT2D eigenvalue weighted by Gasteiger charge is 2.25. The standard InChI is InChI=1S/C15H22N2OS/c1-11-7-12(2)10-17(9-11)15(18)16-13-5-4-6-14(8-13)19-3/h4-6,8,11-12H,7,9-10H2,1-3H3,(H,16,18)/t11-,12-/m0/s1. The summed E-state index contributed by atoms with van der Waals surface area (Å²) in [6.45, 7) is 6.14. The first-order valence-electron chi connectivity index (χ1n) is 6.78. The van der Waals surface area contributed by atoms with Crippen LogP contribution in [0.1, 0.15) is 20.3 Å². The van der Waals surface area contributed by atoms with Gasteiger partial charge in [-0.25, -0.2) is 4.79 Å². The lowest BCUT2D eigenvalue weighted by molar-refractivity contribution is 0.156. The predicted molar refractivity (Wildman–Crippen MR) is 81.8 cm³/mol. The van der Waals surface area contributed by atoms with Crippen LogP contribution in [0, 0.1) is 11.8 Å². The number of nitrogens with one attached hydrogen (secondary N) is 1. The van der Waals surface area contributed by atoms with E-state index in [1.807, 2.05) is 35.4 Å². The Labute approximate surface area is 119 Å². The van der Waals surface area contributed by atoms with E-state index in [1.54, 1.807) is 11.8 Å². The highest BCUT2D eigenvalue weighted by molar-refractivity contribution is 7.98. The van der Waals surface area contributed by atoms with Crippen LogP contribution < -0.4 is 5.32 Å². The first kappa shape index (κ1) is 14.3. The van der Waals surface area contributed by atoms with Gasteiger partial charge in [0.2, 0.25) is 0 Å². The van der Waals surface area contributed by atoms with Crippen LogP contribution in [0.4, 0.5) is 10.5 Å². The molecule has 2 rings (SSSR count). The van der Waals surface area contributed by atoms with Crippen molar-refractivity contribution in [3.8, 4) is 0 Å². The summed E-state index contributed by atoms with van der Waals surface area (Å²) in [4.78, 5) is 15.4. The van der Waals surface area contributed by atoms with E-state index in [9.17, 15) is 4.79 Å². The van der Waals surface area contributed by atoms with E-state index in [0.29, 0.717) is 11.8 Å². The summed E-state index contributed by atoms with van der Waals surface area (Å²) in [5.41, 5.74) is 0.878. The van der Waals surface area contributed by atoms with E-state index in [4.69, 9.17) is 0 Å². The Morgan fingerprint density at radius 2 is 2.00 bits per heavy atom. The number of carbonyl (C=O) groups is 1. The van der Waals surface area contributed by atoms with Crippen molar-refractivity contribution in [1.82, 2.24) is 4.90 Å². The molecule has 0 unspecified atom stereocenters. The first-order chi connectivity index (χ1) is 9.08. The molecule has 0 spiro atoms. The lowest BCUT2D eigenvalue weighted by Crippen LogP contribution is -2.44. The molecule has 1 heterocycles. The lowest BCUT2D eigenvalue weighted by Gasteiger charge is -2.34. The maximum absolute atomic E-state index is 12.3. The van der Waals surface area contributed by atoms with Gasteiger partial charge in [-0.1, -0.05) is 19.9 Å². The number of hydrogen-bond donors (Lipinski definition) is 1. The molecule has 0 radical (unpaired) electrons. The summed E-state index contributed by atoms with van der Waals surface area (Å²) >= 11 is 1.68. The van der Waals surface area contributed by atoms with Gasteiger partial charge < -0.3 is 10.2 Å². The monoisotopic (exact) mass is 278 g/mol. The minimum absolute atomic E-state index is 0.0247. The summed E-state index contributed by atoms with van der Waals surface area (Å²) in [5, 5.41) is 3.00. The number of carbonyl (C=O) groups excluding carboxylic acids is 1. The van der Waals surface area contributed by atoms with Gasteiger partial charge in [0.05, 0.1) is 0 Å². The third-order valence-electron chi connectivity index (χ3n) is 3.48. The Bertz CT molecular complexity index is 440. The molecular formula is C15H22N2OS. The second kappa shape index (κ2) is 6.33. The van der Waals surface area contributed by atoms with E-state index >= 15 is 0 Å². The molecule has 3 nitrogen and oxygen atoms in total. The number of nitrogens with zero attached hydrogens (tertiary/aromatic N) is 1. The van der Waals surface area contributed by atoms with E-state index < -0.39 is 0 Å². The van der Waals surface area contributed by atoms with Crippen LogP contribution in [0.5, 0.6) is 0 Å². The van der Waals surface area contributed by atoms with Crippen LogP contribution in [0.3, 0.4) is 0 Å². The van der Waals surface area contributed by atoms with Crippen LogP contribution in [0.15, 0.2) is 29.2 Å². The van der Waals surface area contributed by atoms with E-state index in [1.165, 1.54) is 6.42 Å². The minimum Gasteiger partial charge on any atom is -0.324 e. The molecule has 104 valence electrons. The van der Waals surface area contributed by atoms with Crippen LogP contribution in [0.2, 0.25) is 0 Å². The topological polar surface area (TPSA) is 32.3 Å². The van der Waals surface area contributed by atoms with Crippen LogP contribution in [-0.2, 0) is 0 Å².